The van der Waals surface area contributed by atoms with E-state index in [1.807, 2.05) is 7.05 Å². The fourth-order valence-electron chi connectivity index (χ4n) is 2.22. The predicted octanol–water partition coefficient (Wildman–Crippen LogP) is 4.31. The summed E-state index contributed by atoms with van der Waals surface area (Å²) in [6, 6.07) is 6.85. The molecule has 0 aliphatic carbocycles. The van der Waals surface area contributed by atoms with E-state index in [1.165, 1.54) is 11.1 Å². The Balaban J connectivity index is 2.80. The van der Waals surface area contributed by atoms with Crippen molar-refractivity contribution in [1.82, 2.24) is 5.32 Å². The van der Waals surface area contributed by atoms with E-state index < -0.39 is 0 Å². The van der Waals surface area contributed by atoms with E-state index in [2.05, 4.69) is 72.0 Å². The summed E-state index contributed by atoms with van der Waals surface area (Å²) in [6.07, 6.45) is 0. The van der Waals surface area contributed by atoms with E-state index in [-0.39, 0.29) is 10.8 Å². The number of likely N-dealkylation sites (N-methyl/N-ethyl adjacent to an activating group) is 1. The first-order valence-electron chi connectivity index (χ1n) is 7.47. The van der Waals surface area contributed by atoms with E-state index in [0.29, 0.717) is 12.6 Å². The lowest BCUT2D eigenvalue weighted by molar-refractivity contribution is 0.180. The Morgan fingerprint density at radius 1 is 1.10 bits per heavy atom. The zero-order chi connectivity index (χ0) is 15.6. The third kappa shape index (κ3) is 4.52. The molecule has 0 amide bonds. The van der Waals surface area contributed by atoms with E-state index in [0.717, 1.165) is 5.75 Å². The Morgan fingerprint density at radius 2 is 1.70 bits per heavy atom. The smallest absolute Gasteiger partial charge is 0.122 e. The molecule has 0 fully saturated rings. The Kier molecular flexibility index (Phi) is 5.26. The van der Waals surface area contributed by atoms with E-state index in [4.69, 9.17) is 4.74 Å². The van der Waals surface area contributed by atoms with E-state index in [9.17, 15) is 0 Å². The molecule has 0 aromatic heterocycles. The summed E-state index contributed by atoms with van der Waals surface area (Å²) < 4.78 is 6.02. The predicted molar refractivity (Wildman–Crippen MR) is 87.7 cm³/mol. The van der Waals surface area contributed by atoms with Crippen molar-refractivity contribution in [1.29, 1.82) is 0 Å². The topological polar surface area (TPSA) is 21.3 Å². The molecule has 2 heteroatoms. The fraction of sp³-hybridized carbons (Fsp3) is 0.667. The largest absolute Gasteiger partial charge is 0.492 e. The molecule has 1 unspecified atom stereocenters. The zero-order valence-electron chi connectivity index (χ0n) is 14.4. The van der Waals surface area contributed by atoms with Crippen LogP contribution in [0, 0.1) is 12.3 Å². The van der Waals surface area contributed by atoms with Crippen LogP contribution in [-0.4, -0.2) is 19.7 Å². The molecule has 2 nitrogen and oxygen atoms in total. The van der Waals surface area contributed by atoms with E-state index in [1.54, 1.807) is 0 Å². The normalized spacial score (nSPS) is 14.2. The van der Waals surface area contributed by atoms with Gasteiger partial charge in [0.15, 0.2) is 0 Å². The Morgan fingerprint density at radius 3 is 2.10 bits per heavy atom. The third-order valence-electron chi connectivity index (χ3n) is 3.84. The van der Waals surface area contributed by atoms with Gasteiger partial charge in [0.2, 0.25) is 0 Å². The lowest BCUT2D eigenvalue weighted by Gasteiger charge is -2.30. The van der Waals surface area contributed by atoms with Gasteiger partial charge in [0, 0.05) is 6.04 Å². The lowest BCUT2D eigenvalue weighted by Crippen LogP contribution is -2.42. The second kappa shape index (κ2) is 6.17. The van der Waals surface area contributed by atoms with Gasteiger partial charge in [0.05, 0.1) is 0 Å². The summed E-state index contributed by atoms with van der Waals surface area (Å²) in [5, 5.41) is 3.34. The summed E-state index contributed by atoms with van der Waals surface area (Å²) in [4.78, 5) is 0. The second-order valence-electron chi connectivity index (χ2n) is 7.75. The minimum Gasteiger partial charge on any atom is -0.492 e. The van der Waals surface area contributed by atoms with Crippen LogP contribution in [0.5, 0.6) is 5.75 Å². The number of hydrogen-bond donors (Lipinski definition) is 1. The Labute approximate surface area is 124 Å². The first-order chi connectivity index (χ1) is 9.05. The molecule has 1 N–H and O–H groups in total. The summed E-state index contributed by atoms with van der Waals surface area (Å²) in [6.45, 7) is 16.2. The molecule has 0 saturated carbocycles. The first-order valence-corrected chi connectivity index (χ1v) is 7.47. The number of aryl methyl sites for hydroxylation is 1. The van der Waals surface area contributed by atoms with Gasteiger partial charge in [0.25, 0.3) is 0 Å². The molecule has 0 spiro atoms. The van der Waals surface area contributed by atoms with Crippen molar-refractivity contribution < 1.29 is 4.74 Å². The maximum absolute atomic E-state index is 6.02. The molecule has 0 saturated heterocycles. The van der Waals surface area contributed by atoms with Crippen LogP contribution in [0.2, 0.25) is 0 Å². The first kappa shape index (κ1) is 17.0. The third-order valence-corrected chi connectivity index (χ3v) is 3.84. The second-order valence-corrected chi connectivity index (χ2v) is 7.75. The molecule has 1 aromatic carbocycles. The van der Waals surface area contributed by atoms with Gasteiger partial charge in [-0.3, -0.25) is 0 Å². The monoisotopic (exact) mass is 277 g/mol. The maximum Gasteiger partial charge on any atom is 0.122 e. The highest BCUT2D eigenvalue weighted by molar-refractivity contribution is 5.38. The molecule has 0 aliphatic rings. The van der Waals surface area contributed by atoms with Gasteiger partial charge in [0.1, 0.15) is 12.4 Å². The zero-order valence-corrected chi connectivity index (χ0v) is 14.4. The molecule has 114 valence electrons. The SMILES string of the molecule is CNC(COc1ccc(C(C)(C)C)cc1C)C(C)(C)C. The van der Waals surface area contributed by atoms with E-state index >= 15 is 0 Å². The summed E-state index contributed by atoms with van der Waals surface area (Å²) in [5.74, 6) is 0.988. The average Bonchev–Trinajstić information content (AvgIpc) is 2.28. The molecule has 1 atom stereocenters. The van der Waals surface area contributed by atoms with Gasteiger partial charge in [-0.2, -0.15) is 0 Å². The number of ether oxygens (including phenoxy) is 1. The minimum absolute atomic E-state index is 0.183. The van der Waals surface area contributed by atoms with Crippen LogP contribution in [0.3, 0.4) is 0 Å². The van der Waals surface area contributed by atoms with Crippen LogP contribution in [0.4, 0.5) is 0 Å². The van der Waals surface area contributed by atoms with Crippen molar-refractivity contribution in [2.75, 3.05) is 13.7 Å². The standard InChI is InChI=1S/C18H31NO/c1-13-11-14(17(2,3)4)9-10-15(13)20-12-16(19-8)18(5,6)7/h9-11,16,19H,12H2,1-8H3. The van der Waals surface area contributed by atoms with Gasteiger partial charge in [-0.25, -0.2) is 0 Å². The number of benzene rings is 1. The van der Waals surface area contributed by atoms with Crippen LogP contribution in [0.15, 0.2) is 18.2 Å². The van der Waals surface area contributed by atoms with Crippen molar-refractivity contribution in [3.8, 4) is 5.75 Å². The highest BCUT2D eigenvalue weighted by atomic mass is 16.5. The molecule has 1 rings (SSSR count). The van der Waals surface area contributed by atoms with Crippen LogP contribution < -0.4 is 10.1 Å². The molecule has 0 aliphatic heterocycles. The van der Waals surface area contributed by atoms with Gasteiger partial charge in [-0.1, -0.05) is 53.7 Å². The number of hydrogen-bond acceptors (Lipinski definition) is 2. The quantitative estimate of drug-likeness (QED) is 0.885. The van der Waals surface area contributed by atoms with Crippen LogP contribution in [0.1, 0.15) is 52.7 Å². The molecule has 1 aromatic rings. The minimum atomic E-state index is 0.183. The number of nitrogens with one attached hydrogen (secondary N) is 1. The summed E-state index contributed by atoms with van der Waals surface area (Å²) >= 11 is 0. The Hall–Kier alpha value is -1.02. The van der Waals surface area contributed by atoms with Gasteiger partial charge < -0.3 is 10.1 Å². The molecule has 0 heterocycles. The molecule has 0 bridgehead atoms. The average molecular weight is 277 g/mol. The van der Waals surface area contributed by atoms with Crippen molar-refractivity contribution >= 4 is 0 Å². The van der Waals surface area contributed by atoms with Crippen LogP contribution in [0.25, 0.3) is 0 Å². The van der Waals surface area contributed by atoms with Gasteiger partial charge in [-0.05, 0) is 42.0 Å². The summed E-state index contributed by atoms with van der Waals surface area (Å²) in [5.41, 5.74) is 2.93. The van der Waals surface area contributed by atoms with Gasteiger partial charge in [-0.15, -0.1) is 0 Å². The number of rotatable bonds is 4. The Bertz CT molecular complexity index is 438. The maximum atomic E-state index is 6.02. The van der Waals surface area contributed by atoms with Crippen LogP contribution in [-0.2, 0) is 5.41 Å². The fourth-order valence-corrected chi connectivity index (χ4v) is 2.22. The summed E-state index contributed by atoms with van der Waals surface area (Å²) in [7, 11) is 1.99. The molecular weight excluding hydrogens is 246 g/mol. The van der Waals surface area contributed by atoms with Crippen LogP contribution >= 0.6 is 0 Å². The van der Waals surface area contributed by atoms with Gasteiger partial charge >= 0.3 is 0 Å². The highest BCUT2D eigenvalue weighted by Crippen LogP contribution is 2.28. The lowest BCUT2D eigenvalue weighted by atomic mass is 9.86. The molecule has 0 radical (unpaired) electrons. The van der Waals surface area contributed by atoms with Crippen molar-refractivity contribution in [3.05, 3.63) is 29.3 Å². The van der Waals surface area contributed by atoms with Crippen molar-refractivity contribution in [2.45, 2.75) is 59.9 Å². The van der Waals surface area contributed by atoms with Crippen molar-refractivity contribution in [3.63, 3.8) is 0 Å². The van der Waals surface area contributed by atoms with Crippen molar-refractivity contribution in [2.24, 2.45) is 5.41 Å². The molecular formula is C18H31NO. The highest BCUT2D eigenvalue weighted by Gasteiger charge is 2.24. The molecule has 20 heavy (non-hydrogen) atoms.